The number of aromatic nitrogens is 6. The zero-order chi connectivity index (χ0) is 15.2. The Bertz CT molecular complexity index is 841. The first-order chi connectivity index (χ1) is 11.4. The molecular weight excluding hydrogens is 294 g/mol. The summed E-state index contributed by atoms with van der Waals surface area (Å²) in [5.41, 5.74) is 1.36. The molecule has 0 spiro atoms. The topological polar surface area (TPSA) is 81.3 Å². The molecule has 2 aliphatic heterocycles. The maximum absolute atomic E-state index is 6.06. The van der Waals surface area contributed by atoms with Crippen molar-refractivity contribution in [3.8, 4) is 11.5 Å². The standard InChI is InChI=1S/C15H15N7O/c1-3-11-4-2-10(1)22(23-11)14-15-20-19-13(21(15)8-7-18-14)12-9-16-5-6-17-12/h5-11H,1-4H2. The van der Waals surface area contributed by atoms with E-state index < -0.39 is 0 Å². The molecule has 3 aromatic rings. The van der Waals surface area contributed by atoms with E-state index in [0.717, 1.165) is 31.5 Å². The first-order valence-corrected chi connectivity index (χ1v) is 7.82. The third kappa shape index (κ3) is 1.98. The van der Waals surface area contributed by atoms with Crippen LogP contribution in [0.2, 0.25) is 0 Å². The van der Waals surface area contributed by atoms with E-state index in [4.69, 9.17) is 4.84 Å². The van der Waals surface area contributed by atoms with Gasteiger partial charge in [0.1, 0.15) is 5.69 Å². The first kappa shape index (κ1) is 12.9. The van der Waals surface area contributed by atoms with Crippen LogP contribution in [0, 0.1) is 0 Å². The van der Waals surface area contributed by atoms with Crippen molar-refractivity contribution in [2.45, 2.75) is 37.8 Å². The number of fused-ring (bicyclic) bond motifs is 4. The van der Waals surface area contributed by atoms with Crippen LogP contribution in [0.15, 0.2) is 31.0 Å². The van der Waals surface area contributed by atoms with Gasteiger partial charge < -0.3 is 0 Å². The predicted molar refractivity (Wildman–Crippen MR) is 81.4 cm³/mol. The quantitative estimate of drug-likeness (QED) is 0.711. The summed E-state index contributed by atoms with van der Waals surface area (Å²) < 4.78 is 1.89. The Morgan fingerprint density at radius 1 is 1.00 bits per heavy atom. The Kier molecular flexibility index (Phi) is 2.77. The van der Waals surface area contributed by atoms with E-state index in [0.29, 0.717) is 29.3 Å². The lowest BCUT2D eigenvalue weighted by Crippen LogP contribution is -2.49. The highest BCUT2D eigenvalue weighted by Gasteiger charge is 2.37. The van der Waals surface area contributed by atoms with Gasteiger partial charge in [0, 0.05) is 24.8 Å². The van der Waals surface area contributed by atoms with E-state index in [1.165, 1.54) is 0 Å². The van der Waals surface area contributed by atoms with E-state index in [9.17, 15) is 0 Å². The van der Waals surface area contributed by atoms with Crippen LogP contribution in [-0.4, -0.2) is 41.7 Å². The van der Waals surface area contributed by atoms with E-state index in [1.54, 1.807) is 24.8 Å². The van der Waals surface area contributed by atoms with Crippen LogP contribution in [0.4, 0.5) is 5.82 Å². The molecule has 0 amide bonds. The zero-order valence-electron chi connectivity index (χ0n) is 12.4. The predicted octanol–water partition coefficient (Wildman–Crippen LogP) is 1.64. The lowest BCUT2D eigenvalue weighted by atomic mass is 9.91. The van der Waals surface area contributed by atoms with Crippen LogP contribution < -0.4 is 5.06 Å². The summed E-state index contributed by atoms with van der Waals surface area (Å²) >= 11 is 0. The highest BCUT2D eigenvalue weighted by Crippen LogP contribution is 2.36. The number of hydrogen-bond donors (Lipinski definition) is 0. The lowest BCUT2D eigenvalue weighted by molar-refractivity contribution is -0.0624. The summed E-state index contributed by atoms with van der Waals surface area (Å²) in [6, 6.07) is 0.371. The second-order valence-corrected chi connectivity index (χ2v) is 5.92. The molecule has 23 heavy (non-hydrogen) atoms. The van der Waals surface area contributed by atoms with Gasteiger partial charge in [-0.25, -0.2) is 15.0 Å². The van der Waals surface area contributed by atoms with E-state index in [2.05, 4.69) is 25.1 Å². The van der Waals surface area contributed by atoms with Crippen molar-refractivity contribution in [1.29, 1.82) is 0 Å². The van der Waals surface area contributed by atoms with Crippen molar-refractivity contribution in [2.24, 2.45) is 0 Å². The fraction of sp³-hybridized carbons (Fsp3) is 0.400. The Hall–Kier alpha value is -2.61. The summed E-state index contributed by atoms with van der Waals surface area (Å²) in [6.45, 7) is 0. The summed E-state index contributed by atoms with van der Waals surface area (Å²) in [5.74, 6) is 1.38. The fourth-order valence-electron chi connectivity index (χ4n) is 3.41. The molecule has 8 nitrogen and oxygen atoms in total. The third-order valence-corrected chi connectivity index (χ3v) is 4.55. The summed E-state index contributed by atoms with van der Waals surface area (Å²) in [7, 11) is 0. The minimum atomic E-state index is 0.296. The number of hydrogen-bond acceptors (Lipinski definition) is 7. The highest BCUT2D eigenvalue weighted by molar-refractivity contribution is 5.67. The van der Waals surface area contributed by atoms with Gasteiger partial charge in [-0.05, 0) is 25.7 Å². The van der Waals surface area contributed by atoms with Crippen LogP contribution in [0.3, 0.4) is 0 Å². The molecule has 0 N–H and O–H groups in total. The molecule has 1 aliphatic carbocycles. The molecule has 0 aromatic carbocycles. The van der Waals surface area contributed by atoms with Gasteiger partial charge in [-0.15, -0.1) is 10.2 Å². The van der Waals surface area contributed by atoms with Crippen LogP contribution in [0.5, 0.6) is 0 Å². The molecular formula is C15H15N7O. The maximum atomic E-state index is 6.06. The fourth-order valence-corrected chi connectivity index (χ4v) is 3.41. The van der Waals surface area contributed by atoms with Gasteiger partial charge in [0.15, 0.2) is 11.6 Å². The van der Waals surface area contributed by atoms with Crippen LogP contribution in [0.1, 0.15) is 25.7 Å². The zero-order valence-corrected chi connectivity index (χ0v) is 12.4. The van der Waals surface area contributed by atoms with Crippen molar-refractivity contribution >= 4 is 11.5 Å². The molecule has 0 radical (unpaired) electrons. The molecule has 116 valence electrons. The summed E-state index contributed by atoms with van der Waals surface area (Å²) in [4.78, 5) is 19.0. The van der Waals surface area contributed by atoms with E-state index in [-0.39, 0.29) is 0 Å². The van der Waals surface area contributed by atoms with Crippen molar-refractivity contribution in [1.82, 2.24) is 29.5 Å². The number of nitrogens with zero attached hydrogens (tertiary/aromatic N) is 7. The average Bonchev–Trinajstić information content (AvgIpc) is 3.07. The van der Waals surface area contributed by atoms with Crippen molar-refractivity contribution in [2.75, 3.05) is 5.06 Å². The molecule has 1 saturated carbocycles. The third-order valence-electron chi connectivity index (χ3n) is 4.55. The molecule has 5 heterocycles. The van der Waals surface area contributed by atoms with Crippen molar-refractivity contribution < 1.29 is 4.84 Å². The van der Waals surface area contributed by atoms with Crippen molar-refractivity contribution in [3.05, 3.63) is 31.0 Å². The smallest absolute Gasteiger partial charge is 0.206 e. The first-order valence-electron chi connectivity index (χ1n) is 7.82. The Morgan fingerprint density at radius 2 is 1.91 bits per heavy atom. The van der Waals surface area contributed by atoms with Gasteiger partial charge in [0.2, 0.25) is 5.65 Å². The number of hydroxylamine groups is 1. The SMILES string of the molecule is c1cnc(-c2nnc3c(N4OC5CCC4CC5)nccn23)cn1. The average molecular weight is 309 g/mol. The molecule has 2 saturated heterocycles. The Labute approximate surface area is 132 Å². The van der Waals surface area contributed by atoms with Gasteiger partial charge in [0.05, 0.1) is 18.3 Å². The van der Waals surface area contributed by atoms with Gasteiger partial charge in [-0.2, -0.15) is 0 Å². The van der Waals surface area contributed by atoms with Gasteiger partial charge >= 0.3 is 0 Å². The minimum absolute atomic E-state index is 0.296. The molecule has 0 unspecified atom stereocenters. The maximum Gasteiger partial charge on any atom is 0.206 e. The number of rotatable bonds is 2. The second kappa shape index (κ2) is 4.95. The molecule has 3 fully saturated rings. The molecule has 0 atom stereocenters. The Balaban J connectivity index is 1.62. The van der Waals surface area contributed by atoms with Crippen molar-refractivity contribution in [3.63, 3.8) is 0 Å². The van der Waals surface area contributed by atoms with Gasteiger partial charge in [-0.1, -0.05) is 0 Å². The minimum Gasteiger partial charge on any atom is -0.276 e. The highest BCUT2D eigenvalue weighted by atomic mass is 16.7. The van der Waals surface area contributed by atoms with Gasteiger partial charge in [0.25, 0.3) is 0 Å². The monoisotopic (exact) mass is 309 g/mol. The molecule has 6 rings (SSSR count). The Morgan fingerprint density at radius 3 is 2.65 bits per heavy atom. The van der Waals surface area contributed by atoms with E-state index in [1.807, 2.05) is 15.7 Å². The number of anilines is 1. The summed E-state index contributed by atoms with van der Waals surface area (Å²) in [6.07, 6.45) is 13.4. The normalized spacial score (nSPS) is 23.6. The molecule has 2 bridgehead atoms. The molecule has 3 aliphatic rings. The summed E-state index contributed by atoms with van der Waals surface area (Å²) in [5, 5.41) is 10.5. The van der Waals surface area contributed by atoms with Crippen LogP contribution in [0.25, 0.3) is 17.2 Å². The lowest BCUT2D eigenvalue weighted by Gasteiger charge is -2.44. The second-order valence-electron chi connectivity index (χ2n) is 5.92. The van der Waals surface area contributed by atoms with E-state index >= 15 is 0 Å². The van der Waals surface area contributed by atoms with Crippen LogP contribution in [-0.2, 0) is 4.84 Å². The van der Waals surface area contributed by atoms with Gasteiger partial charge in [-0.3, -0.25) is 14.2 Å². The molecule has 8 heteroatoms. The molecule has 3 aromatic heterocycles. The largest absolute Gasteiger partial charge is 0.276 e. The van der Waals surface area contributed by atoms with Crippen LogP contribution >= 0.6 is 0 Å².